The zero-order chi connectivity index (χ0) is 14.4. The summed E-state index contributed by atoms with van der Waals surface area (Å²) in [6.45, 7) is 7.69. The number of nitrogens with zero attached hydrogens (tertiary/aromatic N) is 2. The van der Waals surface area contributed by atoms with Crippen LogP contribution in [-0.4, -0.2) is 43.1 Å². The Labute approximate surface area is 120 Å². The molecule has 0 saturated carbocycles. The van der Waals surface area contributed by atoms with Gasteiger partial charge in [0, 0.05) is 37.6 Å². The molecule has 0 radical (unpaired) electrons. The van der Waals surface area contributed by atoms with Crippen molar-refractivity contribution >= 4 is 11.6 Å². The topological polar surface area (TPSA) is 57.3 Å². The Morgan fingerprint density at radius 1 is 1.55 bits per heavy atom. The molecule has 0 aliphatic carbocycles. The van der Waals surface area contributed by atoms with Gasteiger partial charge in [0.1, 0.15) is 5.69 Å². The van der Waals surface area contributed by atoms with Crippen LogP contribution in [0.2, 0.25) is 0 Å². The SMILES string of the molecule is CCNC(=O)c1cc(N(CC)CC2CCCN2)ccn1. The predicted octanol–water partition coefficient (Wildman–Crippen LogP) is 1.41. The number of aromatic nitrogens is 1. The van der Waals surface area contributed by atoms with E-state index in [4.69, 9.17) is 0 Å². The standard InChI is InChI=1S/C15H24N4O/c1-3-16-15(20)14-10-13(7-9-18-14)19(4-2)11-12-6-5-8-17-12/h7,9-10,12,17H,3-6,8,11H2,1-2H3,(H,16,20). The van der Waals surface area contributed by atoms with Gasteiger partial charge in [-0.15, -0.1) is 0 Å². The zero-order valence-electron chi connectivity index (χ0n) is 12.4. The number of carbonyl (C=O) groups excluding carboxylic acids is 1. The van der Waals surface area contributed by atoms with Gasteiger partial charge < -0.3 is 15.5 Å². The second-order valence-electron chi connectivity index (χ2n) is 5.09. The summed E-state index contributed by atoms with van der Waals surface area (Å²) < 4.78 is 0. The minimum Gasteiger partial charge on any atom is -0.370 e. The molecule has 1 atom stereocenters. The third kappa shape index (κ3) is 3.70. The number of carbonyl (C=O) groups is 1. The highest BCUT2D eigenvalue weighted by Gasteiger charge is 2.18. The second-order valence-corrected chi connectivity index (χ2v) is 5.09. The highest BCUT2D eigenvalue weighted by Crippen LogP contribution is 2.17. The van der Waals surface area contributed by atoms with Crippen LogP contribution in [0, 0.1) is 0 Å². The van der Waals surface area contributed by atoms with E-state index >= 15 is 0 Å². The molecule has 5 heteroatoms. The van der Waals surface area contributed by atoms with Crippen molar-refractivity contribution in [3.8, 4) is 0 Å². The van der Waals surface area contributed by atoms with E-state index in [0.29, 0.717) is 18.3 Å². The largest absolute Gasteiger partial charge is 0.370 e. The molecule has 2 N–H and O–H groups in total. The molecule has 1 amide bonds. The summed E-state index contributed by atoms with van der Waals surface area (Å²) >= 11 is 0. The predicted molar refractivity (Wildman–Crippen MR) is 81.2 cm³/mol. The first-order valence-corrected chi connectivity index (χ1v) is 7.47. The van der Waals surface area contributed by atoms with Crippen molar-refractivity contribution in [3.05, 3.63) is 24.0 Å². The van der Waals surface area contributed by atoms with Crippen LogP contribution < -0.4 is 15.5 Å². The highest BCUT2D eigenvalue weighted by atomic mass is 16.1. The molecule has 0 bridgehead atoms. The van der Waals surface area contributed by atoms with E-state index in [1.807, 2.05) is 19.1 Å². The van der Waals surface area contributed by atoms with E-state index in [-0.39, 0.29) is 5.91 Å². The van der Waals surface area contributed by atoms with Crippen LogP contribution >= 0.6 is 0 Å². The average molecular weight is 276 g/mol. The molecule has 20 heavy (non-hydrogen) atoms. The fourth-order valence-electron chi connectivity index (χ4n) is 2.59. The van der Waals surface area contributed by atoms with Crippen molar-refractivity contribution in [2.45, 2.75) is 32.7 Å². The number of rotatable bonds is 6. The molecule has 1 unspecified atom stereocenters. The van der Waals surface area contributed by atoms with Gasteiger partial charge in [0.2, 0.25) is 0 Å². The van der Waals surface area contributed by atoms with Gasteiger partial charge in [0.25, 0.3) is 5.91 Å². The quantitative estimate of drug-likeness (QED) is 0.825. The van der Waals surface area contributed by atoms with E-state index < -0.39 is 0 Å². The van der Waals surface area contributed by atoms with Gasteiger partial charge in [0.15, 0.2) is 0 Å². The van der Waals surface area contributed by atoms with Crippen molar-refractivity contribution in [1.29, 1.82) is 0 Å². The molecule has 0 aromatic carbocycles. The minimum absolute atomic E-state index is 0.107. The number of pyridine rings is 1. The van der Waals surface area contributed by atoms with Crippen LogP contribution in [0.15, 0.2) is 18.3 Å². The first-order chi connectivity index (χ1) is 9.74. The number of hydrogen-bond acceptors (Lipinski definition) is 4. The van der Waals surface area contributed by atoms with E-state index in [1.54, 1.807) is 6.20 Å². The number of likely N-dealkylation sites (N-methyl/N-ethyl adjacent to an activating group) is 1. The molecule has 5 nitrogen and oxygen atoms in total. The lowest BCUT2D eigenvalue weighted by atomic mass is 10.2. The van der Waals surface area contributed by atoms with Crippen LogP contribution in [0.5, 0.6) is 0 Å². The Morgan fingerprint density at radius 3 is 3.05 bits per heavy atom. The second kappa shape index (κ2) is 7.24. The fourth-order valence-corrected chi connectivity index (χ4v) is 2.59. The van der Waals surface area contributed by atoms with Crippen LogP contribution in [0.4, 0.5) is 5.69 Å². The summed E-state index contributed by atoms with van der Waals surface area (Å²) in [6, 6.07) is 4.40. The van der Waals surface area contributed by atoms with Crippen molar-refractivity contribution < 1.29 is 4.79 Å². The monoisotopic (exact) mass is 276 g/mol. The molecule has 1 saturated heterocycles. The third-order valence-corrected chi connectivity index (χ3v) is 3.66. The smallest absolute Gasteiger partial charge is 0.269 e. The lowest BCUT2D eigenvalue weighted by molar-refractivity contribution is 0.0951. The Kier molecular flexibility index (Phi) is 5.35. The van der Waals surface area contributed by atoms with Crippen LogP contribution in [0.1, 0.15) is 37.2 Å². The van der Waals surface area contributed by atoms with Gasteiger partial charge in [-0.3, -0.25) is 9.78 Å². The van der Waals surface area contributed by atoms with Gasteiger partial charge >= 0.3 is 0 Å². The fraction of sp³-hybridized carbons (Fsp3) is 0.600. The summed E-state index contributed by atoms with van der Waals surface area (Å²) in [5.41, 5.74) is 1.56. The normalized spacial score (nSPS) is 18.0. The first kappa shape index (κ1) is 14.8. The van der Waals surface area contributed by atoms with Crippen molar-refractivity contribution in [3.63, 3.8) is 0 Å². The molecule has 110 valence electrons. The maximum absolute atomic E-state index is 11.8. The van der Waals surface area contributed by atoms with Crippen molar-refractivity contribution in [1.82, 2.24) is 15.6 Å². The van der Waals surface area contributed by atoms with Crippen LogP contribution in [-0.2, 0) is 0 Å². The molecule has 2 rings (SSSR count). The Bertz CT molecular complexity index is 443. The summed E-state index contributed by atoms with van der Waals surface area (Å²) in [5.74, 6) is -0.107. The van der Waals surface area contributed by atoms with E-state index in [1.165, 1.54) is 12.8 Å². The molecular formula is C15H24N4O. The van der Waals surface area contributed by atoms with Gasteiger partial charge in [-0.25, -0.2) is 0 Å². The maximum Gasteiger partial charge on any atom is 0.269 e. The Balaban J connectivity index is 2.08. The summed E-state index contributed by atoms with van der Waals surface area (Å²) in [7, 11) is 0. The average Bonchev–Trinajstić information content (AvgIpc) is 2.98. The zero-order valence-corrected chi connectivity index (χ0v) is 12.4. The molecule has 1 aliphatic heterocycles. The number of amides is 1. The van der Waals surface area contributed by atoms with Crippen molar-refractivity contribution in [2.75, 3.05) is 31.1 Å². The molecule has 0 spiro atoms. The summed E-state index contributed by atoms with van der Waals surface area (Å²) in [4.78, 5) is 18.3. The summed E-state index contributed by atoms with van der Waals surface area (Å²) in [5, 5.41) is 6.30. The first-order valence-electron chi connectivity index (χ1n) is 7.47. The Hall–Kier alpha value is -1.62. The lowest BCUT2D eigenvalue weighted by Crippen LogP contribution is -2.37. The third-order valence-electron chi connectivity index (χ3n) is 3.66. The van der Waals surface area contributed by atoms with E-state index in [9.17, 15) is 4.79 Å². The molecule has 1 fully saturated rings. The number of anilines is 1. The number of hydrogen-bond donors (Lipinski definition) is 2. The Morgan fingerprint density at radius 2 is 2.40 bits per heavy atom. The van der Waals surface area contributed by atoms with Crippen LogP contribution in [0.3, 0.4) is 0 Å². The highest BCUT2D eigenvalue weighted by molar-refractivity contribution is 5.93. The molecular weight excluding hydrogens is 252 g/mol. The minimum atomic E-state index is -0.107. The van der Waals surface area contributed by atoms with Crippen LogP contribution in [0.25, 0.3) is 0 Å². The van der Waals surface area contributed by atoms with Gasteiger partial charge in [-0.2, -0.15) is 0 Å². The van der Waals surface area contributed by atoms with Gasteiger partial charge in [-0.1, -0.05) is 0 Å². The van der Waals surface area contributed by atoms with Crippen molar-refractivity contribution in [2.24, 2.45) is 0 Å². The number of nitrogens with one attached hydrogen (secondary N) is 2. The van der Waals surface area contributed by atoms with E-state index in [2.05, 4.69) is 27.4 Å². The molecule has 2 heterocycles. The van der Waals surface area contributed by atoms with Gasteiger partial charge in [-0.05, 0) is 45.4 Å². The van der Waals surface area contributed by atoms with E-state index in [0.717, 1.165) is 25.3 Å². The summed E-state index contributed by atoms with van der Waals surface area (Å²) in [6.07, 6.45) is 4.19. The maximum atomic E-state index is 11.8. The molecule has 1 aromatic rings. The molecule has 1 aromatic heterocycles. The van der Waals surface area contributed by atoms with Gasteiger partial charge in [0.05, 0.1) is 0 Å². The lowest BCUT2D eigenvalue weighted by Gasteiger charge is -2.26. The molecule has 1 aliphatic rings.